The lowest BCUT2D eigenvalue weighted by atomic mass is 9.65. The molecule has 2 nitrogen and oxygen atoms in total. The van der Waals surface area contributed by atoms with Gasteiger partial charge in [-0.15, -0.1) is 0 Å². The van der Waals surface area contributed by atoms with E-state index in [-0.39, 0.29) is 5.75 Å². The molecule has 0 amide bonds. The maximum Gasteiger partial charge on any atom is 0.134 e. The van der Waals surface area contributed by atoms with Crippen molar-refractivity contribution in [3.8, 4) is 5.75 Å². The molecule has 0 heterocycles. The van der Waals surface area contributed by atoms with Gasteiger partial charge in [-0.3, -0.25) is 0 Å². The number of phenolic OH excluding ortho intramolecular Hbond substituents is 1. The second-order valence-corrected chi connectivity index (χ2v) is 6.22. The molecule has 0 aliphatic heterocycles. The minimum atomic E-state index is 0.177. The lowest BCUT2D eigenvalue weighted by molar-refractivity contribution is 0.0987. The van der Waals surface area contributed by atoms with Crippen LogP contribution in [0, 0.1) is 11.3 Å². The summed E-state index contributed by atoms with van der Waals surface area (Å²) < 4.78 is 0. The maximum atomic E-state index is 9.56. The van der Waals surface area contributed by atoms with Crippen LogP contribution in [0.25, 0.3) is 0 Å². The Morgan fingerprint density at radius 2 is 2.11 bits per heavy atom. The van der Waals surface area contributed by atoms with Crippen LogP contribution in [-0.2, 0) is 6.54 Å². The molecule has 2 aliphatic carbocycles. The van der Waals surface area contributed by atoms with Gasteiger partial charge in [0.25, 0.3) is 0 Å². The van der Waals surface area contributed by atoms with E-state index in [9.17, 15) is 5.11 Å². The first-order valence-electron chi connectivity index (χ1n) is 6.88. The molecule has 1 aromatic carbocycles. The molecule has 0 saturated heterocycles. The Balaban J connectivity index is 1.56. The van der Waals surface area contributed by atoms with E-state index in [0.717, 1.165) is 24.6 Å². The van der Waals surface area contributed by atoms with Crippen LogP contribution in [0.4, 0.5) is 0 Å². The normalized spacial score (nSPS) is 21.6. The molecular formula is C15H20ClNO. The molecule has 1 aromatic rings. The number of hydrogen-bond acceptors (Lipinski definition) is 2. The van der Waals surface area contributed by atoms with Crippen LogP contribution in [0.1, 0.15) is 37.7 Å². The van der Waals surface area contributed by atoms with Crippen LogP contribution in [0.15, 0.2) is 18.2 Å². The van der Waals surface area contributed by atoms with Gasteiger partial charge in [-0.25, -0.2) is 0 Å². The molecule has 0 unspecified atom stereocenters. The van der Waals surface area contributed by atoms with E-state index in [4.69, 9.17) is 11.6 Å². The highest BCUT2D eigenvalue weighted by atomic mass is 35.5. The van der Waals surface area contributed by atoms with Crippen LogP contribution in [0.2, 0.25) is 5.02 Å². The van der Waals surface area contributed by atoms with E-state index in [1.807, 2.05) is 12.1 Å². The number of benzene rings is 1. The smallest absolute Gasteiger partial charge is 0.134 e. The van der Waals surface area contributed by atoms with Gasteiger partial charge < -0.3 is 10.4 Å². The Morgan fingerprint density at radius 3 is 2.72 bits per heavy atom. The average molecular weight is 266 g/mol. The molecule has 2 aliphatic rings. The molecule has 0 radical (unpaired) electrons. The van der Waals surface area contributed by atoms with Crippen molar-refractivity contribution in [2.45, 2.75) is 38.6 Å². The van der Waals surface area contributed by atoms with E-state index in [1.165, 1.54) is 32.1 Å². The molecule has 0 bridgehead atoms. The van der Waals surface area contributed by atoms with Crippen molar-refractivity contribution in [2.24, 2.45) is 11.3 Å². The summed E-state index contributed by atoms with van der Waals surface area (Å²) in [6, 6.07) is 5.45. The number of phenols is 1. The van der Waals surface area contributed by atoms with Gasteiger partial charge in [0.1, 0.15) is 5.75 Å². The van der Waals surface area contributed by atoms with Crippen molar-refractivity contribution >= 4 is 11.6 Å². The minimum Gasteiger partial charge on any atom is -0.506 e. The first-order valence-corrected chi connectivity index (χ1v) is 7.26. The highest BCUT2D eigenvalue weighted by molar-refractivity contribution is 6.32. The monoisotopic (exact) mass is 265 g/mol. The van der Waals surface area contributed by atoms with Gasteiger partial charge in [-0.05, 0) is 48.6 Å². The topological polar surface area (TPSA) is 32.3 Å². The Hall–Kier alpha value is -0.730. The van der Waals surface area contributed by atoms with Gasteiger partial charge in [-0.1, -0.05) is 30.2 Å². The Labute approximate surface area is 113 Å². The van der Waals surface area contributed by atoms with Crippen molar-refractivity contribution in [3.05, 3.63) is 28.8 Å². The summed E-state index contributed by atoms with van der Waals surface area (Å²) in [6.45, 7) is 1.85. The molecule has 0 spiro atoms. The highest BCUT2D eigenvalue weighted by Gasteiger charge is 2.48. The summed E-state index contributed by atoms with van der Waals surface area (Å²) >= 11 is 6.08. The number of halogens is 1. The Kier molecular flexibility index (Phi) is 3.25. The molecule has 2 N–H and O–H groups in total. The minimum absolute atomic E-state index is 0.177. The van der Waals surface area contributed by atoms with E-state index < -0.39 is 0 Å². The summed E-state index contributed by atoms with van der Waals surface area (Å²) in [5, 5.41) is 13.6. The van der Waals surface area contributed by atoms with Crippen LogP contribution in [0.5, 0.6) is 5.75 Å². The van der Waals surface area contributed by atoms with Gasteiger partial charge >= 0.3 is 0 Å². The van der Waals surface area contributed by atoms with Gasteiger partial charge in [0.15, 0.2) is 0 Å². The van der Waals surface area contributed by atoms with Crippen molar-refractivity contribution in [1.82, 2.24) is 5.32 Å². The van der Waals surface area contributed by atoms with Gasteiger partial charge in [0.05, 0.1) is 5.02 Å². The third kappa shape index (κ3) is 2.24. The van der Waals surface area contributed by atoms with E-state index in [1.54, 1.807) is 6.07 Å². The first kappa shape index (κ1) is 12.3. The summed E-state index contributed by atoms with van der Waals surface area (Å²) in [4.78, 5) is 0. The fraction of sp³-hybridized carbons (Fsp3) is 0.600. The van der Waals surface area contributed by atoms with Crippen LogP contribution in [0.3, 0.4) is 0 Å². The van der Waals surface area contributed by atoms with E-state index in [2.05, 4.69) is 5.32 Å². The second kappa shape index (κ2) is 4.75. The zero-order chi connectivity index (χ0) is 12.6. The highest BCUT2D eigenvalue weighted by Crippen LogP contribution is 2.56. The van der Waals surface area contributed by atoms with Crippen LogP contribution in [-0.4, -0.2) is 11.7 Å². The number of aromatic hydroxyl groups is 1. The van der Waals surface area contributed by atoms with Gasteiger partial charge in [0, 0.05) is 13.1 Å². The molecule has 98 valence electrons. The molecule has 2 saturated carbocycles. The molecular weight excluding hydrogens is 246 g/mol. The lowest BCUT2D eigenvalue weighted by Gasteiger charge is -2.43. The molecule has 3 rings (SSSR count). The second-order valence-electron chi connectivity index (χ2n) is 5.84. The summed E-state index contributed by atoms with van der Waals surface area (Å²) in [5.74, 6) is 1.15. The third-order valence-electron chi connectivity index (χ3n) is 4.64. The van der Waals surface area contributed by atoms with E-state index >= 15 is 0 Å². The van der Waals surface area contributed by atoms with Crippen LogP contribution >= 0.6 is 11.6 Å². The third-order valence-corrected chi connectivity index (χ3v) is 5.08. The quantitative estimate of drug-likeness (QED) is 0.851. The SMILES string of the molecule is Oc1cccc(CNCC2(C3CC3)CCC2)c1Cl. The molecule has 2 fully saturated rings. The lowest BCUT2D eigenvalue weighted by Crippen LogP contribution is -2.41. The predicted molar refractivity (Wildman–Crippen MR) is 73.8 cm³/mol. The zero-order valence-electron chi connectivity index (χ0n) is 10.6. The maximum absolute atomic E-state index is 9.56. The largest absolute Gasteiger partial charge is 0.506 e. The summed E-state index contributed by atoms with van der Waals surface area (Å²) in [5.41, 5.74) is 1.57. The summed E-state index contributed by atoms with van der Waals surface area (Å²) in [7, 11) is 0. The fourth-order valence-corrected chi connectivity index (χ4v) is 3.40. The molecule has 18 heavy (non-hydrogen) atoms. The Morgan fingerprint density at radius 1 is 1.33 bits per heavy atom. The van der Waals surface area contributed by atoms with E-state index in [0.29, 0.717) is 10.4 Å². The molecule has 0 aromatic heterocycles. The average Bonchev–Trinajstić information content (AvgIpc) is 3.12. The predicted octanol–water partition coefficient (Wildman–Crippen LogP) is 3.72. The van der Waals surface area contributed by atoms with Crippen LogP contribution < -0.4 is 5.32 Å². The van der Waals surface area contributed by atoms with Gasteiger partial charge in [0.2, 0.25) is 0 Å². The number of rotatable bonds is 5. The number of hydrogen-bond donors (Lipinski definition) is 2. The van der Waals surface area contributed by atoms with Crippen molar-refractivity contribution in [3.63, 3.8) is 0 Å². The van der Waals surface area contributed by atoms with Crippen molar-refractivity contribution < 1.29 is 5.11 Å². The summed E-state index contributed by atoms with van der Waals surface area (Å²) in [6.07, 6.45) is 7.02. The Bertz CT molecular complexity index is 438. The zero-order valence-corrected chi connectivity index (χ0v) is 11.3. The standard InChI is InChI=1S/C15H20ClNO/c16-14-11(3-1-4-13(14)18)9-17-10-15(7-2-8-15)12-5-6-12/h1,3-4,12,17-18H,2,5-10H2. The molecule has 3 heteroatoms. The number of nitrogens with one attached hydrogen (secondary N) is 1. The van der Waals surface area contributed by atoms with Crippen molar-refractivity contribution in [1.29, 1.82) is 0 Å². The van der Waals surface area contributed by atoms with Crippen molar-refractivity contribution in [2.75, 3.05) is 6.54 Å². The molecule has 0 atom stereocenters. The van der Waals surface area contributed by atoms with Gasteiger partial charge in [-0.2, -0.15) is 0 Å². The fourth-order valence-electron chi connectivity index (χ4n) is 3.20. The first-order chi connectivity index (χ1) is 8.71.